The summed E-state index contributed by atoms with van der Waals surface area (Å²) in [6.45, 7) is 2.03. The molecule has 2 atom stereocenters. The number of phenolic OH excluding ortho intramolecular Hbond substituents is 1. The Morgan fingerprint density at radius 1 is 1.23 bits per heavy atom. The van der Waals surface area contributed by atoms with Crippen LogP contribution < -0.4 is 5.32 Å². The van der Waals surface area contributed by atoms with E-state index < -0.39 is 0 Å². The van der Waals surface area contributed by atoms with Crippen LogP contribution in [0.25, 0.3) is 22.3 Å². The molecule has 7 nitrogen and oxygen atoms in total. The molecule has 7 heteroatoms. The molecule has 3 N–H and O–H groups in total. The van der Waals surface area contributed by atoms with Crippen molar-refractivity contribution in [3.8, 4) is 17.0 Å². The van der Waals surface area contributed by atoms with Gasteiger partial charge in [0.25, 0.3) is 5.91 Å². The van der Waals surface area contributed by atoms with Gasteiger partial charge in [0.15, 0.2) is 5.65 Å². The summed E-state index contributed by atoms with van der Waals surface area (Å²) >= 11 is 0. The van der Waals surface area contributed by atoms with E-state index in [1.54, 1.807) is 24.3 Å². The highest BCUT2D eigenvalue weighted by atomic mass is 16.3. The normalized spacial score (nSPS) is 23.7. The van der Waals surface area contributed by atoms with Gasteiger partial charge in [0, 0.05) is 23.7 Å². The average Bonchev–Trinajstić information content (AvgIpc) is 3.17. The minimum absolute atomic E-state index is 0.0591. The number of amides is 1. The van der Waals surface area contributed by atoms with Crippen molar-refractivity contribution in [1.82, 2.24) is 25.4 Å². The number of rotatable bonds is 4. The summed E-state index contributed by atoms with van der Waals surface area (Å²) in [5, 5.41) is 21.1. The number of nitrogens with zero attached hydrogens (tertiary/aromatic N) is 3. The molecule has 31 heavy (non-hydrogen) atoms. The number of fused-ring (bicyclic) bond motifs is 3. The SMILES string of the molecule is CCc1n[nH]c2nc(-c3ccc(O)cc3)cc(C(=O)NC3CC4CCCC(C3)N4C)c12. The summed E-state index contributed by atoms with van der Waals surface area (Å²) in [5.74, 6) is 0.140. The Labute approximate surface area is 181 Å². The highest BCUT2D eigenvalue weighted by molar-refractivity contribution is 6.07. The van der Waals surface area contributed by atoms with Crippen molar-refractivity contribution in [1.29, 1.82) is 0 Å². The maximum atomic E-state index is 13.5. The molecule has 3 aromatic rings. The molecule has 2 aromatic heterocycles. The van der Waals surface area contributed by atoms with E-state index in [-0.39, 0.29) is 17.7 Å². The van der Waals surface area contributed by atoms with Crippen molar-refractivity contribution in [2.24, 2.45) is 0 Å². The maximum Gasteiger partial charge on any atom is 0.252 e. The molecule has 4 heterocycles. The second kappa shape index (κ2) is 7.96. The standard InChI is InChI=1S/C24H29N5O2/c1-3-20-22-19(24(31)25-15-11-16-5-4-6-17(12-15)29(16)2)13-21(26-23(22)28-27-20)14-7-9-18(30)10-8-14/h7-10,13,15-17,30H,3-6,11-12H2,1-2H3,(H,25,31)(H,26,27,28). The lowest BCUT2D eigenvalue weighted by atomic mass is 9.82. The quantitative estimate of drug-likeness (QED) is 0.600. The van der Waals surface area contributed by atoms with E-state index in [0.717, 1.165) is 35.9 Å². The van der Waals surface area contributed by atoms with Crippen molar-refractivity contribution in [2.45, 2.75) is 63.6 Å². The van der Waals surface area contributed by atoms with Crippen molar-refractivity contribution in [2.75, 3.05) is 7.05 Å². The van der Waals surface area contributed by atoms with Gasteiger partial charge in [0.2, 0.25) is 0 Å². The number of H-pyrrole nitrogens is 1. The number of hydrogen-bond donors (Lipinski definition) is 3. The lowest BCUT2D eigenvalue weighted by Crippen LogP contribution is -2.55. The van der Waals surface area contributed by atoms with Crippen LogP contribution >= 0.6 is 0 Å². The Balaban J connectivity index is 1.49. The smallest absolute Gasteiger partial charge is 0.252 e. The molecule has 0 saturated carbocycles. The Morgan fingerprint density at radius 3 is 2.61 bits per heavy atom. The number of aromatic nitrogens is 3. The van der Waals surface area contributed by atoms with E-state index in [0.29, 0.717) is 29.0 Å². The van der Waals surface area contributed by atoms with Crippen LogP contribution in [0, 0.1) is 0 Å². The number of piperidine rings is 2. The molecule has 162 valence electrons. The maximum absolute atomic E-state index is 13.5. The van der Waals surface area contributed by atoms with Gasteiger partial charge in [0.05, 0.1) is 22.3 Å². The van der Waals surface area contributed by atoms with Gasteiger partial charge >= 0.3 is 0 Å². The van der Waals surface area contributed by atoms with Crippen LogP contribution in [0.1, 0.15) is 55.1 Å². The van der Waals surface area contributed by atoms with Crippen LogP contribution in [-0.4, -0.2) is 56.3 Å². The van der Waals surface area contributed by atoms with Crippen molar-refractivity contribution >= 4 is 16.9 Å². The molecule has 0 radical (unpaired) electrons. The molecule has 2 fully saturated rings. The summed E-state index contributed by atoms with van der Waals surface area (Å²) in [7, 11) is 2.22. The molecular weight excluding hydrogens is 390 g/mol. The molecule has 2 saturated heterocycles. The van der Waals surface area contributed by atoms with Crippen molar-refractivity contribution < 1.29 is 9.90 Å². The van der Waals surface area contributed by atoms with Gasteiger partial charge in [-0.3, -0.25) is 9.89 Å². The number of nitrogens with one attached hydrogen (secondary N) is 2. The Morgan fingerprint density at radius 2 is 1.94 bits per heavy atom. The van der Waals surface area contributed by atoms with E-state index in [2.05, 4.69) is 27.5 Å². The van der Waals surface area contributed by atoms with E-state index in [4.69, 9.17) is 4.98 Å². The third-order valence-electron chi connectivity index (χ3n) is 7.02. The predicted octanol–water partition coefficient (Wildman–Crippen LogP) is 3.64. The van der Waals surface area contributed by atoms with Gasteiger partial charge < -0.3 is 15.3 Å². The zero-order chi connectivity index (χ0) is 21.5. The molecule has 2 bridgehead atoms. The second-order valence-electron chi connectivity index (χ2n) is 8.90. The molecule has 1 amide bonds. The predicted molar refractivity (Wildman–Crippen MR) is 120 cm³/mol. The van der Waals surface area contributed by atoms with Crippen LogP contribution in [0.15, 0.2) is 30.3 Å². The van der Waals surface area contributed by atoms with E-state index in [1.807, 2.05) is 13.0 Å². The third kappa shape index (κ3) is 3.67. The highest BCUT2D eigenvalue weighted by Gasteiger charge is 2.36. The molecule has 2 aliphatic heterocycles. The topological polar surface area (TPSA) is 94.1 Å². The number of phenols is 1. The monoisotopic (exact) mass is 419 g/mol. The fraction of sp³-hybridized carbons (Fsp3) is 0.458. The average molecular weight is 420 g/mol. The van der Waals surface area contributed by atoms with Crippen LogP contribution in [0.5, 0.6) is 5.75 Å². The van der Waals surface area contributed by atoms with Gasteiger partial charge in [-0.05, 0) is 69.5 Å². The number of carbonyl (C=O) groups excluding carboxylic acids is 1. The first-order chi connectivity index (χ1) is 15.0. The number of aryl methyl sites for hydroxylation is 1. The molecule has 2 aliphatic rings. The fourth-order valence-corrected chi connectivity index (χ4v) is 5.31. The van der Waals surface area contributed by atoms with Gasteiger partial charge in [-0.15, -0.1) is 0 Å². The lowest BCUT2D eigenvalue weighted by Gasteiger charge is -2.47. The van der Waals surface area contributed by atoms with Gasteiger partial charge in [0.1, 0.15) is 5.75 Å². The van der Waals surface area contributed by atoms with Crippen LogP contribution in [0.2, 0.25) is 0 Å². The Hall–Kier alpha value is -2.93. The second-order valence-corrected chi connectivity index (χ2v) is 8.90. The minimum atomic E-state index is -0.0591. The first-order valence-electron chi connectivity index (χ1n) is 11.2. The zero-order valence-electron chi connectivity index (χ0n) is 18.1. The summed E-state index contributed by atoms with van der Waals surface area (Å²) in [6.07, 6.45) is 6.44. The summed E-state index contributed by atoms with van der Waals surface area (Å²) < 4.78 is 0. The van der Waals surface area contributed by atoms with E-state index in [1.165, 1.54) is 19.3 Å². The summed E-state index contributed by atoms with van der Waals surface area (Å²) in [5.41, 5.74) is 3.61. The molecule has 5 rings (SSSR count). The largest absolute Gasteiger partial charge is 0.508 e. The molecule has 0 aliphatic carbocycles. The number of aromatic hydroxyl groups is 1. The highest BCUT2D eigenvalue weighted by Crippen LogP contribution is 2.33. The molecule has 2 unspecified atom stereocenters. The van der Waals surface area contributed by atoms with E-state index in [9.17, 15) is 9.90 Å². The Bertz CT molecular complexity index is 1090. The molecule has 1 aromatic carbocycles. The third-order valence-corrected chi connectivity index (χ3v) is 7.02. The van der Waals surface area contributed by atoms with Crippen molar-refractivity contribution in [3.05, 3.63) is 41.6 Å². The zero-order valence-corrected chi connectivity index (χ0v) is 18.1. The fourth-order valence-electron chi connectivity index (χ4n) is 5.31. The van der Waals surface area contributed by atoms with Crippen LogP contribution in [0.3, 0.4) is 0 Å². The van der Waals surface area contributed by atoms with Gasteiger partial charge in [-0.25, -0.2) is 4.98 Å². The van der Waals surface area contributed by atoms with Crippen LogP contribution in [0.4, 0.5) is 0 Å². The number of pyridine rings is 1. The molecule has 0 spiro atoms. The van der Waals surface area contributed by atoms with Crippen molar-refractivity contribution in [3.63, 3.8) is 0 Å². The number of hydrogen-bond acceptors (Lipinski definition) is 5. The van der Waals surface area contributed by atoms with E-state index >= 15 is 0 Å². The summed E-state index contributed by atoms with van der Waals surface area (Å²) in [6, 6.07) is 10.0. The number of aromatic amines is 1. The van der Waals surface area contributed by atoms with Crippen LogP contribution in [-0.2, 0) is 6.42 Å². The minimum Gasteiger partial charge on any atom is -0.508 e. The summed E-state index contributed by atoms with van der Waals surface area (Å²) in [4.78, 5) is 20.7. The van der Waals surface area contributed by atoms with Gasteiger partial charge in [-0.1, -0.05) is 13.3 Å². The number of carbonyl (C=O) groups is 1. The Kier molecular flexibility index (Phi) is 5.14. The first kappa shape index (κ1) is 20.0. The molecular formula is C24H29N5O2. The first-order valence-corrected chi connectivity index (χ1v) is 11.2. The number of benzene rings is 1. The van der Waals surface area contributed by atoms with Gasteiger partial charge in [-0.2, -0.15) is 5.10 Å². The lowest BCUT2D eigenvalue weighted by molar-refractivity contribution is 0.0463.